The average Bonchev–Trinajstić information content (AvgIpc) is 3.28. The molecule has 0 aliphatic heterocycles. The summed E-state index contributed by atoms with van der Waals surface area (Å²) in [6.45, 7) is 1.66. The van der Waals surface area contributed by atoms with Gasteiger partial charge in [-0.3, -0.25) is 9.59 Å². The third-order valence-electron chi connectivity index (χ3n) is 3.60. The van der Waals surface area contributed by atoms with Crippen molar-refractivity contribution < 1.29 is 18.7 Å². The fraction of sp³-hybridized carbons (Fsp3) is 0.467. The second-order valence-electron chi connectivity index (χ2n) is 5.35. The maximum atomic E-state index is 13.9. The van der Waals surface area contributed by atoms with Gasteiger partial charge in [0, 0.05) is 18.7 Å². The smallest absolute Gasteiger partial charge is 0.309 e. The van der Waals surface area contributed by atoms with Gasteiger partial charge in [0.25, 0.3) is 0 Å². The Labute approximate surface area is 122 Å². The standard InChI is InChI=1S/C15H19FN2O3/c1-15(21-2,11-5-3-4-6-12(11)16)9-17-13(19)14(20)18-10-7-8-10/h3-6,10H,7-9H2,1-2H3,(H,17,19)(H,18,20). The molecule has 1 unspecified atom stereocenters. The number of ether oxygens (including phenoxy) is 1. The van der Waals surface area contributed by atoms with Crippen molar-refractivity contribution in [3.05, 3.63) is 35.6 Å². The van der Waals surface area contributed by atoms with Gasteiger partial charge in [-0.05, 0) is 25.8 Å². The molecule has 0 aromatic heterocycles. The van der Waals surface area contributed by atoms with Crippen LogP contribution in [-0.4, -0.2) is 31.5 Å². The van der Waals surface area contributed by atoms with Gasteiger partial charge in [-0.2, -0.15) is 0 Å². The zero-order valence-electron chi connectivity index (χ0n) is 12.1. The highest BCUT2D eigenvalue weighted by Crippen LogP contribution is 2.26. The molecular formula is C15H19FN2O3. The Balaban J connectivity index is 1.99. The van der Waals surface area contributed by atoms with E-state index in [4.69, 9.17) is 4.74 Å². The number of halogens is 1. The summed E-state index contributed by atoms with van der Waals surface area (Å²) >= 11 is 0. The Morgan fingerprint density at radius 2 is 2.00 bits per heavy atom. The molecule has 1 atom stereocenters. The number of amides is 2. The van der Waals surface area contributed by atoms with Gasteiger partial charge in [0.05, 0.1) is 6.54 Å². The van der Waals surface area contributed by atoms with Crippen LogP contribution in [0, 0.1) is 5.82 Å². The summed E-state index contributed by atoms with van der Waals surface area (Å²) in [4.78, 5) is 23.3. The van der Waals surface area contributed by atoms with Gasteiger partial charge in [0.2, 0.25) is 0 Å². The number of hydrogen-bond donors (Lipinski definition) is 2. The molecule has 5 nitrogen and oxygen atoms in total. The maximum Gasteiger partial charge on any atom is 0.309 e. The lowest BCUT2D eigenvalue weighted by atomic mass is 9.95. The molecule has 6 heteroatoms. The molecule has 0 heterocycles. The van der Waals surface area contributed by atoms with Crippen LogP contribution in [0.25, 0.3) is 0 Å². The topological polar surface area (TPSA) is 67.4 Å². The molecule has 1 aromatic carbocycles. The summed E-state index contributed by atoms with van der Waals surface area (Å²) in [5, 5.41) is 5.08. The zero-order valence-corrected chi connectivity index (χ0v) is 12.1. The van der Waals surface area contributed by atoms with Crippen LogP contribution in [0.5, 0.6) is 0 Å². The van der Waals surface area contributed by atoms with E-state index in [0.717, 1.165) is 12.8 Å². The zero-order chi connectivity index (χ0) is 15.5. The van der Waals surface area contributed by atoms with Crippen LogP contribution in [0.15, 0.2) is 24.3 Å². The first kappa shape index (κ1) is 15.4. The summed E-state index contributed by atoms with van der Waals surface area (Å²) < 4.78 is 19.2. The van der Waals surface area contributed by atoms with E-state index < -0.39 is 23.2 Å². The van der Waals surface area contributed by atoms with Crippen molar-refractivity contribution in [1.29, 1.82) is 0 Å². The summed E-state index contributed by atoms with van der Waals surface area (Å²) in [6, 6.07) is 6.31. The van der Waals surface area contributed by atoms with E-state index in [2.05, 4.69) is 10.6 Å². The van der Waals surface area contributed by atoms with Crippen LogP contribution >= 0.6 is 0 Å². The third kappa shape index (κ3) is 3.78. The number of rotatable bonds is 5. The van der Waals surface area contributed by atoms with Crippen LogP contribution in [0.4, 0.5) is 4.39 Å². The number of hydrogen-bond acceptors (Lipinski definition) is 3. The monoisotopic (exact) mass is 294 g/mol. The van der Waals surface area contributed by atoms with Crippen LogP contribution in [0.1, 0.15) is 25.3 Å². The van der Waals surface area contributed by atoms with E-state index in [9.17, 15) is 14.0 Å². The van der Waals surface area contributed by atoms with Crippen LogP contribution in [-0.2, 0) is 19.9 Å². The average molecular weight is 294 g/mol. The lowest BCUT2D eigenvalue weighted by Crippen LogP contribution is -2.46. The number of nitrogens with one attached hydrogen (secondary N) is 2. The van der Waals surface area contributed by atoms with Gasteiger partial charge in [0.1, 0.15) is 11.4 Å². The molecule has 21 heavy (non-hydrogen) atoms. The quantitative estimate of drug-likeness (QED) is 0.799. The summed E-state index contributed by atoms with van der Waals surface area (Å²) in [7, 11) is 1.43. The van der Waals surface area contributed by atoms with Crippen molar-refractivity contribution in [2.24, 2.45) is 0 Å². The third-order valence-corrected chi connectivity index (χ3v) is 3.60. The summed E-state index contributed by atoms with van der Waals surface area (Å²) in [6.07, 6.45) is 1.81. The SMILES string of the molecule is COC(C)(CNC(=O)C(=O)NC1CC1)c1ccccc1F. The van der Waals surface area contributed by atoms with Gasteiger partial charge in [0.15, 0.2) is 0 Å². The highest BCUT2D eigenvalue weighted by molar-refractivity contribution is 6.35. The largest absolute Gasteiger partial charge is 0.372 e. The summed E-state index contributed by atoms with van der Waals surface area (Å²) in [5.74, 6) is -1.82. The molecule has 1 fully saturated rings. The molecule has 114 valence electrons. The van der Waals surface area contributed by atoms with Crippen LogP contribution in [0.2, 0.25) is 0 Å². The van der Waals surface area contributed by atoms with E-state index in [-0.39, 0.29) is 12.6 Å². The van der Waals surface area contributed by atoms with E-state index in [0.29, 0.717) is 5.56 Å². The number of carbonyl (C=O) groups excluding carboxylic acids is 2. The van der Waals surface area contributed by atoms with Crippen LogP contribution in [0.3, 0.4) is 0 Å². The Hall–Kier alpha value is -1.95. The molecule has 2 rings (SSSR count). The molecule has 0 saturated heterocycles. The molecule has 2 amide bonds. The molecule has 0 bridgehead atoms. The van der Waals surface area contributed by atoms with Crippen molar-refractivity contribution in [2.45, 2.75) is 31.4 Å². The molecule has 1 aromatic rings. The minimum Gasteiger partial charge on any atom is -0.372 e. The molecule has 1 aliphatic rings. The van der Waals surface area contributed by atoms with Gasteiger partial charge in [-0.15, -0.1) is 0 Å². The van der Waals surface area contributed by atoms with E-state index in [1.165, 1.54) is 13.2 Å². The molecule has 2 N–H and O–H groups in total. The predicted octanol–water partition coefficient (Wildman–Crippen LogP) is 1.08. The second kappa shape index (κ2) is 6.22. The Bertz CT molecular complexity index is 545. The van der Waals surface area contributed by atoms with Crippen molar-refractivity contribution in [3.63, 3.8) is 0 Å². The van der Waals surface area contributed by atoms with Crippen molar-refractivity contribution >= 4 is 11.8 Å². The lowest BCUT2D eigenvalue weighted by molar-refractivity contribution is -0.140. The van der Waals surface area contributed by atoms with E-state index >= 15 is 0 Å². The number of methoxy groups -OCH3 is 1. The molecule has 0 radical (unpaired) electrons. The molecule has 1 saturated carbocycles. The highest BCUT2D eigenvalue weighted by Gasteiger charge is 2.31. The Morgan fingerprint density at radius 3 is 2.57 bits per heavy atom. The number of benzene rings is 1. The van der Waals surface area contributed by atoms with E-state index in [1.54, 1.807) is 25.1 Å². The first-order valence-corrected chi connectivity index (χ1v) is 6.85. The first-order valence-electron chi connectivity index (χ1n) is 6.85. The molecule has 1 aliphatic carbocycles. The molecular weight excluding hydrogens is 275 g/mol. The lowest BCUT2D eigenvalue weighted by Gasteiger charge is -2.29. The second-order valence-corrected chi connectivity index (χ2v) is 5.35. The minimum absolute atomic E-state index is 0.00134. The van der Waals surface area contributed by atoms with Crippen molar-refractivity contribution in [2.75, 3.05) is 13.7 Å². The fourth-order valence-electron chi connectivity index (χ4n) is 1.98. The van der Waals surface area contributed by atoms with Gasteiger partial charge in [-0.1, -0.05) is 18.2 Å². The highest BCUT2D eigenvalue weighted by atomic mass is 19.1. The predicted molar refractivity (Wildman–Crippen MR) is 74.9 cm³/mol. The fourth-order valence-corrected chi connectivity index (χ4v) is 1.98. The van der Waals surface area contributed by atoms with Crippen LogP contribution < -0.4 is 10.6 Å². The van der Waals surface area contributed by atoms with Crippen molar-refractivity contribution in [3.8, 4) is 0 Å². The Kier molecular flexibility index (Phi) is 4.57. The van der Waals surface area contributed by atoms with E-state index in [1.807, 2.05) is 0 Å². The number of carbonyl (C=O) groups is 2. The van der Waals surface area contributed by atoms with Crippen molar-refractivity contribution in [1.82, 2.24) is 10.6 Å². The van der Waals surface area contributed by atoms with Gasteiger partial charge >= 0.3 is 11.8 Å². The minimum atomic E-state index is -1.04. The molecule has 0 spiro atoms. The van der Waals surface area contributed by atoms with Gasteiger partial charge < -0.3 is 15.4 Å². The first-order chi connectivity index (χ1) is 9.96. The normalized spacial score (nSPS) is 16.9. The summed E-state index contributed by atoms with van der Waals surface area (Å²) in [5.41, 5.74) is -0.712. The Morgan fingerprint density at radius 1 is 1.33 bits per heavy atom. The van der Waals surface area contributed by atoms with Gasteiger partial charge in [-0.25, -0.2) is 4.39 Å². The maximum absolute atomic E-state index is 13.9.